The predicted molar refractivity (Wildman–Crippen MR) is 61.1 cm³/mol. The molecule has 1 fully saturated rings. The molecule has 1 atom stereocenters. The number of methoxy groups -OCH3 is 1. The highest BCUT2D eigenvalue weighted by Gasteiger charge is 2.20. The molecule has 1 heterocycles. The summed E-state index contributed by atoms with van der Waals surface area (Å²) in [4.78, 5) is 10.9. The van der Waals surface area contributed by atoms with Crippen molar-refractivity contribution in [1.82, 2.24) is 0 Å². The molecule has 0 N–H and O–H groups in total. The third-order valence-electron chi connectivity index (χ3n) is 2.56. The van der Waals surface area contributed by atoms with Crippen LogP contribution in [-0.4, -0.2) is 19.7 Å². The largest absolute Gasteiger partial charge is 0.497 e. The van der Waals surface area contributed by atoms with Gasteiger partial charge in [0.15, 0.2) is 0 Å². The molecule has 0 spiro atoms. The van der Waals surface area contributed by atoms with Crippen molar-refractivity contribution in [2.24, 2.45) is 5.92 Å². The lowest BCUT2D eigenvalue weighted by molar-refractivity contribution is -0.137. The Morgan fingerprint density at radius 3 is 2.69 bits per heavy atom. The van der Waals surface area contributed by atoms with Gasteiger partial charge in [-0.25, -0.2) is 0 Å². The fourth-order valence-electron chi connectivity index (χ4n) is 1.62. The van der Waals surface area contributed by atoms with E-state index in [2.05, 4.69) is 0 Å². The minimum Gasteiger partial charge on any atom is -0.497 e. The van der Waals surface area contributed by atoms with Crippen LogP contribution in [0.4, 0.5) is 0 Å². The molecule has 16 heavy (non-hydrogen) atoms. The maximum absolute atomic E-state index is 10.9. The van der Waals surface area contributed by atoms with Crippen LogP contribution in [0.3, 0.4) is 0 Å². The molecule has 0 saturated carbocycles. The topological polar surface area (TPSA) is 35.5 Å². The van der Waals surface area contributed by atoms with Gasteiger partial charge in [0.2, 0.25) is 0 Å². The summed E-state index contributed by atoms with van der Waals surface area (Å²) in [7, 11) is 1.65. The molecule has 3 heteroatoms. The molecule has 84 valence electrons. The van der Waals surface area contributed by atoms with E-state index < -0.39 is 0 Å². The van der Waals surface area contributed by atoms with E-state index in [4.69, 9.17) is 9.47 Å². The van der Waals surface area contributed by atoms with E-state index in [1.165, 1.54) is 0 Å². The smallest absolute Gasteiger partial charge is 0.306 e. The Kier molecular flexibility index (Phi) is 3.25. The zero-order valence-corrected chi connectivity index (χ0v) is 9.18. The van der Waals surface area contributed by atoms with Crippen molar-refractivity contribution >= 4 is 12.0 Å². The number of carbonyl (C=O) groups excluding carboxylic acids is 1. The molecular formula is C13H14O3. The summed E-state index contributed by atoms with van der Waals surface area (Å²) >= 11 is 0. The summed E-state index contributed by atoms with van der Waals surface area (Å²) < 4.78 is 9.95. The van der Waals surface area contributed by atoms with Crippen LogP contribution in [0.2, 0.25) is 0 Å². The summed E-state index contributed by atoms with van der Waals surface area (Å²) in [6, 6.07) is 7.78. The van der Waals surface area contributed by atoms with Crippen LogP contribution < -0.4 is 4.74 Å². The van der Waals surface area contributed by atoms with Gasteiger partial charge >= 0.3 is 5.97 Å². The zero-order valence-electron chi connectivity index (χ0n) is 9.18. The van der Waals surface area contributed by atoms with Gasteiger partial charge in [-0.1, -0.05) is 24.3 Å². The van der Waals surface area contributed by atoms with Crippen molar-refractivity contribution in [1.29, 1.82) is 0 Å². The molecule has 2 rings (SSSR count). The Morgan fingerprint density at radius 2 is 2.12 bits per heavy atom. The van der Waals surface area contributed by atoms with Crippen LogP contribution in [0, 0.1) is 5.92 Å². The molecule has 1 saturated heterocycles. The number of carbonyl (C=O) groups is 1. The molecule has 0 radical (unpaired) electrons. The van der Waals surface area contributed by atoms with Gasteiger partial charge in [0.05, 0.1) is 20.1 Å². The molecule has 0 unspecified atom stereocenters. The highest BCUT2D eigenvalue weighted by Crippen LogP contribution is 2.18. The lowest BCUT2D eigenvalue weighted by Gasteiger charge is -2.00. The average molecular weight is 218 g/mol. The van der Waals surface area contributed by atoms with E-state index in [1.807, 2.05) is 36.4 Å². The maximum atomic E-state index is 10.9. The van der Waals surface area contributed by atoms with Crippen molar-refractivity contribution < 1.29 is 14.3 Å². The summed E-state index contributed by atoms with van der Waals surface area (Å²) in [5, 5.41) is 0. The van der Waals surface area contributed by atoms with Crippen molar-refractivity contribution in [2.75, 3.05) is 13.7 Å². The molecule has 1 aromatic rings. The fraction of sp³-hybridized carbons (Fsp3) is 0.308. The second-order valence-corrected chi connectivity index (χ2v) is 3.78. The second kappa shape index (κ2) is 4.84. The van der Waals surface area contributed by atoms with Crippen molar-refractivity contribution in [3.05, 3.63) is 35.9 Å². The SMILES string of the molecule is COc1ccc(/C=C/[C@@H]2COC(=O)C2)cc1. The molecule has 1 aliphatic rings. The van der Waals surface area contributed by atoms with Crippen molar-refractivity contribution in [3.8, 4) is 5.75 Å². The molecule has 0 amide bonds. The van der Waals surface area contributed by atoms with Crippen LogP contribution >= 0.6 is 0 Å². The molecule has 0 aliphatic carbocycles. The van der Waals surface area contributed by atoms with E-state index in [9.17, 15) is 4.79 Å². The Morgan fingerprint density at radius 1 is 1.38 bits per heavy atom. The molecule has 1 aromatic carbocycles. The van der Waals surface area contributed by atoms with Crippen LogP contribution in [0.1, 0.15) is 12.0 Å². The Bertz CT molecular complexity index is 392. The van der Waals surface area contributed by atoms with E-state index in [0.29, 0.717) is 13.0 Å². The van der Waals surface area contributed by atoms with Gasteiger partial charge in [-0.15, -0.1) is 0 Å². The number of rotatable bonds is 3. The minimum atomic E-state index is -0.107. The van der Waals surface area contributed by atoms with E-state index >= 15 is 0 Å². The predicted octanol–water partition coefficient (Wildman–Crippen LogP) is 2.27. The van der Waals surface area contributed by atoms with Gasteiger partial charge in [-0.05, 0) is 17.7 Å². The lowest BCUT2D eigenvalue weighted by Crippen LogP contribution is -1.92. The first-order valence-corrected chi connectivity index (χ1v) is 5.26. The summed E-state index contributed by atoms with van der Waals surface area (Å²) in [5.41, 5.74) is 1.10. The first kappa shape index (κ1) is 10.7. The van der Waals surface area contributed by atoms with Crippen molar-refractivity contribution in [3.63, 3.8) is 0 Å². The van der Waals surface area contributed by atoms with Crippen LogP contribution in [-0.2, 0) is 9.53 Å². The standard InChI is InChI=1S/C13H14O3/c1-15-12-6-4-10(5-7-12)2-3-11-8-13(14)16-9-11/h2-7,11H,8-9H2,1H3/b3-2+/t11-/m0/s1. The summed E-state index contributed by atoms with van der Waals surface area (Å²) in [6.45, 7) is 0.505. The third kappa shape index (κ3) is 2.63. The fourth-order valence-corrected chi connectivity index (χ4v) is 1.62. The minimum absolute atomic E-state index is 0.107. The average Bonchev–Trinajstić information content (AvgIpc) is 2.73. The highest BCUT2D eigenvalue weighted by atomic mass is 16.5. The molecule has 3 nitrogen and oxygen atoms in total. The zero-order chi connectivity index (χ0) is 11.4. The van der Waals surface area contributed by atoms with Crippen molar-refractivity contribution in [2.45, 2.75) is 6.42 Å². The Labute approximate surface area is 94.7 Å². The number of benzene rings is 1. The van der Waals surface area contributed by atoms with Crippen LogP contribution in [0.15, 0.2) is 30.3 Å². The van der Waals surface area contributed by atoms with E-state index in [0.717, 1.165) is 11.3 Å². The maximum Gasteiger partial charge on any atom is 0.306 e. The van der Waals surface area contributed by atoms with E-state index in [-0.39, 0.29) is 11.9 Å². The number of ether oxygens (including phenoxy) is 2. The Balaban J connectivity index is 1.97. The quantitative estimate of drug-likeness (QED) is 0.730. The molecular weight excluding hydrogens is 204 g/mol. The van der Waals surface area contributed by atoms with Crippen LogP contribution in [0.25, 0.3) is 6.08 Å². The van der Waals surface area contributed by atoms with Gasteiger partial charge in [-0.3, -0.25) is 4.79 Å². The number of hydrogen-bond acceptors (Lipinski definition) is 3. The normalized spacial score (nSPS) is 20.1. The summed E-state index contributed by atoms with van der Waals surface area (Å²) in [6.07, 6.45) is 4.52. The van der Waals surface area contributed by atoms with Gasteiger partial charge in [0, 0.05) is 5.92 Å². The van der Waals surface area contributed by atoms with Gasteiger partial charge in [-0.2, -0.15) is 0 Å². The Hall–Kier alpha value is -1.77. The highest BCUT2D eigenvalue weighted by molar-refractivity contribution is 5.72. The van der Waals surface area contributed by atoms with E-state index in [1.54, 1.807) is 7.11 Å². The second-order valence-electron chi connectivity index (χ2n) is 3.78. The number of hydrogen-bond donors (Lipinski definition) is 0. The number of cyclic esters (lactones) is 1. The first-order valence-electron chi connectivity index (χ1n) is 5.26. The van der Waals surface area contributed by atoms with Gasteiger partial charge < -0.3 is 9.47 Å². The third-order valence-corrected chi connectivity index (χ3v) is 2.56. The van der Waals surface area contributed by atoms with Gasteiger partial charge in [0.1, 0.15) is 5.75 Å². The first-order chi connectivity index (χ1) is 7.78. The molecule has 0 aromatic heterocycles. The van der Waals surface area contributed by atoms with Gasteiger partial charge in [0.25, 0.3) is 0 Å². The van der Waals surface area contributed by atoms with Crippen LogP contribution in [0.5, 0.6) is 5.75 Å². The number of esters is 1. The molecule has 0 bridgehead atoms. The monoisotopic (exact) mass is 218 g/mol. The lowest BCUT2D eigenvalue weighted by atomic mass is 10.1. The molecule has 1 aliphatic heterocycles. The summed E-state index contributed by atoms with van der Waals surface area (Å²) in [5.74, 6) is 0.954.